The molecule has 1 atom stereocenters. The number of hydrogen-bond acceptors (Lipinski definition) is 1. The van der Waals surface area contributed by atoms with E-state index in [-0.39, 0.29) is 0 Å². The third-order valence-corrected chi connectivity index (χ3v) is 4.99. The van der Waals surface area contributed by atoms with Crippen molar-refractivity contribution in [3.63, 3.8) is 0 Å². The van der Waals surface area contributed by atoms with Crippen molar-refractivity contribution in [2.75, 3.05) is 13.1 Å². The first kappa shape index (κ1) is 14.5. The van der Waals surface area contributed by atoms with E-state index in [0.717, 1.165) is 0 Å². The van der Waals surface area contributed by atoms with Gasteiger partial charge in [0.1, 0.15) is 0 Å². The van der Waals surface area contributed by atoms with E-state index < -0.39 is 0 Å². The second kappa shape index (κ2) is 6.55. The normalized spacial score (nSPS) is 17.2. The molecule has 1 saturated heterocycles. The van der Waals surface area contributed by atoms with Crippen molar-refractivity contribution in [2.45, 2.75) is 25.3 Å². The zero-order valence-corrected chi connectivity index (χ0v) is 13.5. The molecule has 1 aliphatic rings. The second-order valence-electron chi connectivity index (χ2n) is 6.48. The van der Waals surface area contributed by atoms with Gasteiger partial charge in [-0.05, 0) is 47.8 Å². The van der Waals surface area contributed by atoms with Crippen molar-refractivity contribution < 1.29 is 0 Å². The average molecular weight is 301 g/mol. The van der Waals surface area contributed by atoms with Gasteiger partial charge in [-0.15, -0.1) is 0 Å². The van der Waals surface area contributed by atoms with Gasteiger partial charge in [-0.1, -0.05) is 79.2 Å². The van der Waals surface area contributed by atoms with Crippen LogP contribution in [-0.4, -0.2) is 18.0 Å². The van der Waals surface area contributed by atoms with Crippen molar-refractivity contribution in [3.8, 4) is 0 Å². The first-order valence-corrected chi connectivity index (χ1v) is 8.70. The molecular weight excluding hydrogens is 278 g/mol. The van der Waals surface area contributed by atoms with Crippen LogP contribution < -0.4 is 0 Å². The van der Waals surface area contributed by atoms with Crippen molar-refractivity contribution in [3.05, 3.63) is 83.9 Å². The van der Waals surface area contributed by atoms with Crippen LogP contribution in [-0.2, 0) is 0 Å². The first-order chi connectivity index (χ1) is 11.4. The van der Waals surface area contributed by atoms with Gasteiger partial charge < -0.3 is 0 Å². The Morgan fingerprint density at radius 1 is 0.652 bits per heavy atom. The zero-order valence-electron chi connectivity index (χ0n) is 13.5. The minimum atomic E-state index is 0.364. The fraction of sp³-hybridized carbons (Fsp3) is 0.273. The minimum absolute atomic E-state index is 0.364. The van der Waals surface area contributed by atoms with Gasteiger partial charge in [0.05, 0.1) is 6.04 Å². The Morgan fingerprint density at radius 3 is 2.17 bits per heavy atom. The SMILES string of the molecule is c1ccc([C@H](c2cccc3ccccc23)N2CCCCC2)cc1. The van der Waals surface area contributed by atoms with E-state index >= 15 is 0 Å². The summed E-state index contributed by atoms with van der Waals surface area (Å²) in [5, 5.41) is 2.72. The summed E-state index contributed by atoms with van der Waals surface area (Å²) in [6.45, 7) is 2.39. The molecule has 0 N–H and O–H groups in total. The standard InChI is InChI=1S/C22H23N/c1-3-11-19(12-4-1)22(23-16-7-2-8-17-23)21-15-9-13-18-10-5-6-14-20(18)21/h1,3-6,9-15,22H,2,7-8,16-17H2/t22-/m1/s1. The highest BCUT2D eigenvalue weighted by molar-refractivity contribution is 5.86. The van der Waals surface area contributed by atoms with Crippen LogP contribution in [0.2, 0.25) is 0 Å². The van der Waals surface area contributed by atoms with E-state index in [1.807, 2.05) is 0 Å². The predicted molar refractivity (Wildman–Crippen MR) is 97.7 cm³/mol. The van der Waals surface area contributed by atoms with Gasteiger partial charge >= 0.3 is 0 Å². The Balaban J connectivity index is 1.86. The van der Waals surface area contributed by atoms with Crippen LogP contribution in [0.1, 0.15) is 36.4 Å². The zero-order chi connectivity index (χ0) is 15.5. The highest BCUT2D eigenvalue weighted by Crippen LogP contribution is 2.35. The molecule has 1 heteroatoms. The summed E-state index contributed by atoms with van der Waals surface area (Å²) in [4.78, 5) is 2.67. The van der Waals surface area contributed by atoms with Gasteiger partial charge in [0.15, 0.2) is 0 Å². The molecule has 0 saturated carbocycles. The smallest absolute Gasteiger partial charge is 0.0607 e. The lowest BCUT2D eigenvalue weighted by atomic mass is 9.91. The summed E-state index contributed by atoms with van der Waals surface area (Å²) in [5.41, 5.74) is 2.85. The molecular formula is C22H23N. The van der Waals surface area contributed by atoms with E-state index in [1.54, 1.807) is 0 Å². The fourth-order valence-corrected chi connectivity index (χ4v) is 3.89. The largest absolute Gasteiger partial charge is 0.292 e. The van der Waals surface area contributed by atoms with E-state index in [4.69, 9.17) is 0 Å². The third kappa shape index (κ3) is 2.89. The third-order valence-electron chi connectivity index (χ3n) is 4.99. The van der Waals surface area contributed by atoms with Gasteiger partial charge in [-0.25, -0.2) is 0 Å². The molecule has 1 aliphatic heterocycles. The number of nitrogens with zero attached hydrogens (tertiary/aromatic N) is 1. The second-order valence-corrected chi connectivity index (χ2v) is 6.48. The topological polar surface area (TPSA) is 3.24 Å². The Labute approximate surface area is 138 Å². The molecule has 0 radical (unpaired) electrons. The molecule has 116 valence electrons. The summed E-state index contributed by atoms with van der Waals surface area (Å²) in [6.07, 6.45) is 4.00. The quantitative estimate of drug-likeness (QED) is 0.625. The maximum absolute atomic E-state index is 2.67. The number of hydrogen-bond donors (Lipinski definition) is 0. The van der Waals surface area contributed by atoms with Crippen LogP contribution in [0.3, 0.4) is 0 Å². The molecule has 0 unspecified atom stereocenters. The van der Waals surface area contributed by atoms with Crippen molar-refractivity contribution in [2.24, 2.45) is 0 Å². The number of benzene rings is 3. The van der Waals surface area contributed by atoms with Crippen LogP contribution in [0, 0.1) is 0 Å². The molecule has 1 heterocycles. The van der Waals surface area contributed by atoms with Crippen molar-refractivity contribution in [1.29, 1.82) is 0 Å². The minimum Gasteiger partial charge on any atom is -0.292 e. The molecule has 0 bridgehead atoms. The van der Waals surface area contributed by atoms with Crippen molar-refractivity contribution >= 4 is 10.8 Å². The van der Waals surface area contributed by atoms with Crippen LogP contribution in [0.5, 0.6) is 0 Å². The maximum atomic E-state index is 2.67. The number of rotatable bonds is 3. The Hall–Kier alpha value is -2.12. The Bertz CT molecular complexity index is 767. The van der Waals surface area contributed by atoms with Gasteiger partial charge in [0.25, 0.3) is 0 Å². The molecule has 23 heavy (non-hydrogen) atoms. The van der Waals surface area contributed by atoms with Crippen LogP contribution in [0.15, 0.2) is 72.8 Å². The number of piperidine rings is 1. The predicted octanol–water partition coefficient (Wildman–Crippen LogP) is 5.42. The maximum Gasteiger partial charge on any atom is 0.0607 e. The molecule has 0 spiro atoms. The fourth-order valence-electron chi connectivity index (χ4n) is 3.89. The summed E-state index contributed by atoms with van der Waals surface area (Å²) < 4.78 is 0. The van der Waals surface area contributed by atoms with E-state index in [9.17, 15) is 0 Å². The van der Waals surface area contributed by atoms with Gasteiger partial charge in [-0.2, -0.15) is 0 Å². The van der Waals surface area contributed by atoms with E-state index in [1.165, 1.54) is 54.3 Å². The summed E-state index contributed by atoms with van der Waals surface area (Å²) in [6, 6.07) is 26.9. The lowest BCUT2D eigenvalue weighted by Gasteiger charge is -2.35. The molecule has 4 rings (SSSR count). The molecule has 3 aromatic carbocycles. The Morgan fingerprint density at radius 2 is 1.35 bits per heavy atom. The number of likely N-dealkylation sites (tertiary alicyclic amines) is 1. The number of fused-ring (bicyclic) bond motifs is 1. The van der Waals surface area contributed by atoms with Crippen LogP contribution >= 0.6 is 0 Å². The van der Waals surface area contributed by atoms with Crippen LogP contribution in [0.25, 0.3) is 10.8 Å². The van der Waals surface area contributed by atoms with Gasteiger partial charge in [0.2, 0.25) is 0 Å². The summed E-state index contributed by atoms with van der Waals surface area (Å²) >= 11 is 0. The van der Waals surface area contributed by atoms with E-state index in [2.05, 4.69) is 77.7 Å². The molecule has 0 aliphatic carbocycles. The highest BCUT2D eigenvalue weighted by atomic mass is 15.2. The lowest BCUT2D eigenvalue weighted by Crippen LogP contribution is -2.34. The van der Waals surface area contributed by atoms with Gasteiger partial charge in [-0.3, -0.25) is 4.90 Å². The molecule has 0 amide bonds. The first-order valence-electron chi connectivity index (χ1n) is 8.70. The summed E-state index contributed by atoms with van der Waals surface area (Å²) in [5.74, 6) is 0. The summed E-state index contributed by atoms with van der Waals surface area (Å²) in [7, 11) is 0. The van der Waals surface area contributed by atoms with Gasteiger partial charge in [0, 0.05) is 0 Å². The lowest BCUT2D eigenvalue weighted by molar-refractivity contribution is 0.188. The monoisotopic (exact) mass is 301 g/mol. The molecule has 3 aromatic rings. The Kier molecular flexibility index (Phi) is 4.12. The van der Waals surface area contributed by atoms with Crippen LogP contribution in [0.4, 0.5) is 0 Å². The molecule has 1 fully saturated rings. The molecule has 1 nitrogen and oxygen atoms in total. The van der Waals surface area contributed by atoms with Crippen molar-refractivity contribution in [1.82, 2.24) is 4.90 Å². The average Bonchev–Trinajstić information content (AvgIpc) is 2.64. The highest BCUT2D eigenvalue weighted by Gasteiger charge is 2.25. The van der Waals surface area contributed by atoms with E-state index in [0.29, 0.717) is 6.04 Å². The molecule has 0 aromatic heterocycles.